The lowest BCUT2D eigenvalue weighted by Crippen LogP contribution is -1.99. The van der Waals surface area contributed by atoms with Gasteiger partial charge in [-0.3, -0.25) is 0 Å². The van der Waals surface area contributed by atoms with E-state index < -0.39 is 0 Å². The van der Waals surface area contributed by atoms with Crippen LogP contribution in [0.3, 0.4) is 0 Å². The zero-order valence-corrected chi connectivity index (χ0v) is 9.20. The molecule has 0 saturated carbocycles. The van der Waals surface area contributed by atoms with Gasteiger partial charge >= 0.3 is 0 Å². The molecule has 0 saturated heterocycles. The van der Waals surface area contributed by atoms with E-state index in [1.807, 2.05) is 23.6 Å². The first kappa shape index (κ1) is 9.35. The SMILES string of the molecule is Nc1nc(Cc2ccco2)c2sccc2n1. The van der Waals surface area contributed by atoms with Crippen LogP contribution in [0.15, 0.2) is 34.3 Å². The Balaban J connectivity index is 2.11. The maximum absolute atomic E-state index is 5.66. The molecule has 80 valence electrons. The van der Waals surface area contributed by atoms with E-state index in [4.69, 9.17) is 10.2 Å². The molecule has 0 aliphatic heterocycles. The second-order valence-electron chi connectivity index (χ2n) is 3.42. The van der Waals surface area contributed by atoms with E-state index in [2.05, 4.69) is 9.97 Å². The molecule has 16 heavy (non-hydrogen) atoms. The number of anilines is 1. The average Bonchev–Trinajstić information content (AvgIpc) is 2.87. The molecule has 0 spiro atoms. The van der Waals surface area contributed by atoms with Crippen molar-refractivity contribution in [1.82, 2.24) is 9.97 Å². The zero-order chi connectivity index (χ0) is 11.0. The van der Waals surface area contributed by atoms with E-state index in [0.717, 1.165) is 21.7 Å². The van der Waals surface area contributed by atoms with Crippen LogP contribution in [0.2, 0.25) is 0 Å². The van der Waals surface area contributed by atoms with Gasteiger partial charge in [0.2, 0.25) is 5.95 Å². The van der Waals surface area contributed by atoms with Gasteiger partial charge in [0.15, 0.2) is 0 Å². The van der Waals surface area contributed by atoms with Crippen molar-refractivity contribution in [1.29, 1.82) is 0 Å². The first-order valence-electron chi connectivity index (χ1n) is 4.85. The molecule has 0 bridgehead atoms. The Morgan fingerprint density at radius 2 is 2.25 bits per heavy atom. The van der Waals surface area contributed by atoms with Gasteiger partial charge < -0.3 is 10.2 Å². The summed E-state index contributed by atoms with van der Waals surface area (Å²) >= 11 is 1.62. The third-order valence-corrected chi connectivity index (χ3v) is 3.27. The van der Waals surface area contributed by atoms with Crippen LogP contribution in [0.4, 0.5) is 5.95 Å². The minimum absolute atomic E-state index is 0.312. The summed E-state index contributed by atoms with van der Waals surface area (Å²) in [6, 6.07) is 5.74. The highest BCUT2D eigenvalue weighted by Crippen LogP contribution is 2.24. The predicted molar refractivity (Wildman–Crippen MR) is 63.3 cm³/mol. The van der Waals surface area contributed by atoms with Crippen molar-refractivity contribution in [2.24, 2.45) is 0 Å². The van der Waals surface area contributed by atoms with Crippen LogP contribution < -0.4 is 5.73 Å². The second kappa shape index (κ2) is 3.61. The summed E-state index contributed by atoms with van der Waals surface area (Å²) in [7, 11) is 0. The molecule has 3 heterocycles. The number of nitrogen functional groups attached to an aromatic ring is 1. The fourth-order valence-corrected chi connectivity index (χ4v) is 2.46. The normalized spacial score (nSPS) is 11.0. The highest BCUT2D eigenvalue weighted by Gasteiger charge is 2.09. The molecule has 0 aliphatic rings. The molecule has 0 amide bonds. The molecule has 2 N–H and O–H groups in total. The Bertz CT molecular complexity index is 615. The molecule has 3 aromatic rings. The minimum atomic E-state index is 0.312. The summed E-state index contributed by atoms with van der Waals surface area (Å²) in [5, 5.41) is 1.99. The van der Waals surface area contributed by atoms with Crippen LogP contribution in [-0.4, -0.2) is 9.97 Å². The van der Waals surface area contributed by atoms with Gasteiger partial charge in [0.05, 0.1) is 22.2 Å². The van der Waals surface area contributed by atoms with Gasteiger partial charge in [0.1, 0.15) is 5.76 Å². The summed E-state index contributed by atoms with van der Waals surface area (Å²) in [5.41, 5.74) is 7.49. The highest BCUT2D eigenvalue weighted by molar-refractivity contribution is 7.17. The first-order valence-corrected chi connectivity index (χ1v) is 5.73. The summed E-state index contributed by atoms with van der Waals surface area (Å²) < 4.78 is 6.38. The zero-order valence-electron chi connectivity index (χ0n) is 8.38. The fraction of sp³-hybridized carbons (Fsp3) is 0.0909. The van der Waals surface area contributed by atoms with Gasteiger partial charge in [-0.2, -0.15) is 0 Å². The van der Waals surface area contributed by atoms with E-state index in [0.29, 0.717) is 12.4 Å². The maximum atomic E-state index is 5.66. The standard InChI is InChI=1S/C11H9N3OS/c12-11-13-8-3-5-16-10(8)9(14-11)6-7-2-1-4-15-7/h1-5H,6H2,(H2,12,13,14). The number of thiophene rings is 1. The van der Waals surface area contributed by atoms with Crippen molar-refractivity contribution >= 4 is 27.5 Å². The third kappa shape index (κ3) is 1.55. The van der Waals surface area contributed by atoms with Gasteiger partial charge in [-0.15, -0.1) is 11.3 Å². The van der Waals surface area contributed by atoms with Crippen LogP contribution in [0.5, 0.6) is 0 Å². The second-order valence-corrected chi connectivity index (χ2v) is 4.34. The maximum Gasteiger partial charge on any atom is 0.220 e. The Hall–Kier alpha value is -1.88. The van der Waals surface area contributed by atoms with Crippen LogP contribution >= 0.6 is 11.3 Å². The number of nitrogens with two attached hydrogens (primary N) is 1. The largest absolute Gasteiger partial charge is 0.469 e. The molecule has 3 aromatic heterocycles. The number of aromatic nitrogens is 2. The molecular weight excluding hydrogens is 222 g/mol. The van der Waals surface area contributed by atoms with Crippen molar-refractivity contribution in [3.8, 4) is 0 Å². The van der Waals surface area contributed by atoms with E-state index in [1.165, 1.54) is 0 Å². The van der Waals surface area contributed by atoms with Gasteiger partial charge in [0, 0.05) is 6.42 Å². The van der Waals surface area contributed by atoms with Gasteiger partial charge in [-0.25, -0.2) is 9.97 Å². The van der Waals surface area contributed by atoms with E-state index in [1.54, 1.807) is 17.6 Å². The minimum Gasteiger partial charge on any atom is -0.469 e. The molecule has 0 aliphatic carbocycles. The average molecular weight is 231 g/mol. The molecule has 0 aromatic carbocycles. The van der Waals surface area contributed by atoms with E-state index in [9.17, 15) is 0 Å². The van der Waals surface area contributed by atoms with Gasteiger partial charge in [0.25, 0.3) is 0 Å². The summed E-state index contributed by atoms with van der Waals surface area (Å²) in [6.45, 7) is 0. The number of fused-ring (bicyclic) bond motifs is 1. The molecule has 0 atom stereocenters. The Kier molecular flexibility index (Phi) is 2.11. The Morgan fingerprint density at radius 1 is 1.31 bits per heavy atom. The summed E-state index contributed by atoms with van der Waals surface area (Å²) in [4.78, 5) is 8.44. The number of nitrogens with zero attached hydrogens (tertiary/aromatic N) is 2. The molecule has 3 rings (SSSR count). The lowest BCUT2D eigenvalue weighted by Gasteiger charge is -2.01. The molecule has 4 nitrogen and oxygen atoms in total. The Labute approximate surface area is 95.7 Å². The van der Waals surface area contributed by atoms with Crippen LogP contribution in [0.1, 0.15) is 11.5 Å². The smallest absolute Gasteiger partial charge is 0.220 e. The van der Waals surface area contributed by atoms with E-state index in [-0.39, 0.29) is 0 Å². The number of hydrogen-bond donors (Lipinski definition) is 1. The number of furan rings is 1. The molecule has 0 fully saturated rings. The highest BCUT2D eigenvalue weighted by atomic mass is 32.1. The van der Waals surface area contributed by atoms with Crippen molar-refractivity contribution < 1.29 is 4.42 Å². The first-order chi connectivity index (χ1) is 7.83. The van der Waals surface area contributed by atoms with Crippen LogP contribution in [0.25, 0.3) is 10.2 Å². The van der Waals surface area contributed by atoms with Crippen molar-refractivity contribution in [2.75, 3.05) is 5.73 Å². The van der Waals surface area contributed by atoms with Gasteiger partial charge in [-0.05, 0) is 23.6 Å². The topological polar surface area (TPSA) is 64.9 Å². The van der Waals surface area contributed by atoms with Crippen molar-refractivity contribution in [3.05, 3.63) is 41.3 Å². The number of hydrogen-bond acceptors (Lipinski definition) is 5. The van der Waals surface area contributed by atoms with Crippen molar-refractivity contribution in [2.45, 2.75) is 6.42 Å². The quantitative estimate of drug-likeness (QED) is 0.735. The van der Waals surface area contributed by atoms with Crippen LogP contribution in [-0.2, 0) is 6.42 Å². The third-order valence-electron chi connectivity index (χ3n) is 2.31. The van der Waals surface area contributed by atoms with E-state index >= 15 is 0 Å². The predicted octanol–water partition coefficient (Wildman–Crippen LogP) is 2.46. The molecular formula is C11H9N3OS. The lowest BCUT2D eigenvalue weighted by molar-refractivity contribution is 0.520. The monoisotopic (exact) mass is 231 g/mol. The van der Waals surface area contributed by atoms with Gasteiger partial charge in [-0.1, -0.05) is 0 Å². The molecule has 0 radical (unpaired) electrons. The summed E-state index contributed by atoms with van der Waals surface area (Å²) in [6.07, 6.45) is 2.31. The van der Waals surface area contributed by atoms with Crippen molar-refractivity contribution in [3.63, 3.8) is 0 Å². The molecule has 5 heteroatoms. The molecule has 0 unspecified atom stereocenters. The van der Waals surface area contributed by atoms with Crippen LogP contribution in [0, 0.1) is 0 Å². The fourth-order valence-electron chi connectivity index (χ4n) is 1.64. The summed E-state index contributed by atoms with van der Waals surface area (Å²) in [5.74, 6) is 1.19. The lowest BCUT2D eigenvalue weighted by atomic mass is 10.2. The number of rotatable bonds is 2. The Morgan fingerprint density at radius 3 is 3.06 bits per heavy atom.